The minimum atomic E-state index is -4.66. The van der Waals surface area contributed by atoms with Gasteiger partial charge in [0.1, 0.15) is 10.6 Å². The van der Waals surface area contributed by atoms with Crippen LogP contribution in [0.25, 0.3) is 0 Å². The maximum atomic E-state index is 12.8. The number of hydrogen-bond donors (Lipinski definition) is 1. The van der Waals surface area contributed by atoms with Crippen molar-refractivity contribution in [2.75, 3.05) is 4.72 Å². The Hall–Kier alpha value is -1.71. The molecule has 0 aliphatic carbocycles. The number of halogens is 6. The summed E-state index contributed by atoms with van der Waals surface area (Å²) >= 11 is 11.6. The molecule has 4 nitrogen and oxygen atoms in total. The molecule has 0 aliphatic heterocycles. The Balaban J connectivity index is 2.19. The minimum Gasteiger partial charge on any atom is -0.428 e. The summed E-state index contributed by atoms with van der Waals surface area (Å²) in [4.78, 5) is -0.286. The van der Waals surface area contributed by atoms with Crippen LogP contribution in [0.1, 0.15) is 0 Å². The van der Waals surface area contributed by atoms with Gasteiger partial charge in [0.05, 0.1) is 5.02 Å². The van der Waals surface area contributed by atoms with E-state index in [2.05, 4.69) is 9.46 Å². The molecule has 0 radical (unpaired) electrons. The number of alkyl halides is 4. The van der Waals surface area contributed by atoms with E-state index in [0.717, 1.165) is 30.3 Å². The van der Waals surface area contributed by atoms with Crippen molar-refractivity contribution in [1.29, 1.82) is 0 Å². The Morgan fingerprint density at radius 1 is 1.04 bits per heavy atom. The van der Waals surface area contributed by atoms with E-state index in [4.69, 9.17) is 23.2 Å². The van der Waals surface area contributed by atoms with Crippen molar-refractivity contribution >= 4 is 38.9 Å². The van der Waals surface area contributed by atoms with E-state index in [-0.39, 0.29) is 20.6 Å². The van der Waals surface area contributed by atoms with Gasteiger partial charge in [-0.2, -0.15) is 17.6 Å². The van der Waals surface area contributed by atoms with Gasteiger partial charge in [0.15, 0.2) is 0 Å². The van der Waals surface area contributed by atoms with Crippen molar-refractivity contribution in [1.82, 2.24) is 0 Å². The van der Waals surface area contributed by atoms with Gasteiger partial charge in [-0.3, -0.25) is 4.72 Å². The van der Waals surface area contributed by atoms with Crippen LogP contribution >= 0.6 is 23.2 Å². The molecule has 0 spiro atoms. The van der Waals surface area contributed by atoms with Crippen molar-refractivity contribution < 1.29 is 30.7 Å². The van der Waals surface area contributed by atoms with Crippen LogP contribution in [-0.2, 0) is 10.0 Å². The van der Waals surface area contributed by atoms with Crippen LogP contribution in [0.5, 0.6) is 5.75 Å². The van der Waals surface area contributed by atoms with Crippen LogP contribution in [0.15, 0.2) is 47.4 Å². The monoisotopic (exact) mass is 417 g/mol. The average Bonchev–Trinajstić information content (AvgIpc) is 2.51. The molecule has 0 aromatic heterocycles. The average molecular weight is 418 g/mol. The zero-order valence-corrected chi connectivity index (χ0v) is 14.3. The van der Waals surface area contributed by atoms with Crippen LogP contribution in [0.4, 0.5) is 23.2 Å². The lowest BCUT2D eigenvalue weighted by Gasteiger charge is -2.17. The number of nitrogens with one attached hydrogen (secondary N) is 1. The third-order valence-electron chi connectivity index (χ3n) is 2.80. The fourth-order valence-corrected chi connectivity index (χ4v) is 3.51. The van der Waals surface area contributed by atoms with E-state index >= 15 is 0 Å². The highest BCUT2D eigenvalue weighted by Crippen LogP contribution is 2.30. The summed E-state index contributed by atoms with van der Waals surface area (Å²) in [5.74, 6) is -0.561. The normalized spacial score (nSPS) is 12.3. The molecule has 2 aromatic rings. The number of hydrogen-bond acceptors (Lipinski definition) is 3. The van der Waals surface area contributed by atoms with Crippen molar-refractivity contribution in [2.45, 2.75) is 17.4 Å². The van der Waals surface area contributed by atoms with Gasteiger partial charge >= 0.3 is 12.5 Å². The second-order valence-electron chi connectivity index (χ2n) is 4.67. The first-order chi connectivity index (χ1) is 11.5. The molecule has 0 heterocycles. The lowest BCUT2D eigenvalue weighted by molar-refractivity contribution is -0.253. The zero-order valence-electron chi connectivity index (χ0n) is 12.0. The Bertz CT molecular complexity index is 861. The molecule has 0 aliphatic rings. The van der Waals surface area contributed by atoms with Gasteiger partial charge in [-0.25, -0.2) is 8.42 Å². The standard InChI is InChI=1S/C14H9Cl2F4NO3S/c15-8-1-6-11(16)12(7-8)25(22,23)21-9-2-4-10(5-3-9)24-14(19,20)13(17)18/h1-7,13,21H. The summed E-state index contributed by atoms with van der Waals surface area (Å²) in [6.07, 6.45) is -8.66. The third-order valence-corrected chi connectivity index (χ3v) is 4.90. The Morgan fingerprint density at radius 2 is 1.64 bits per heavy atom. The number of benzene rings is 2. The van der Waals surface area contributed by atoms with E-state index in [1.54, 1.807) is 0 Å². The zero-order chi connectivity index (χ0) is 18.8. The molecule has 2 aromatic carbocycles. The summed E-state index contributed by atoms with van der Waals surface area (Å²) in [6, 6.07) is 7.77. The minimum absolute atomic E-state index is 0.0243. The molecule has 0 saturated heterocycles. The van der Waals surface area contributed by atoms with Gasteiger partial charge in [-0.15, -0.1) is 0 Å². The molecule has 0 bridgehead atoms. The van der Waals surface area contributed by atoms with E-state index in [1.165, 1.54) is 12.1 Å². The summed E-state index contributed by atoms with van der Waals surface area (Å²) in [5.41, 5.74) is -0.0243. The molecule has 136 valence electrons. The van der Waals surface area contributed by atoms with Gasteiger partial charge in [0.2, 0.25) is 0 Å². The van der Waals surface area contributed by atoms with Crippen molar-refractivity contribution in [3.05, 3.63) is 52.5 Å². The lowest BCUT2D eigenvalue weighted by Crippen LogP contribution is -2.33. The second-order valence-corrected chi connectivity index (χ2v) is 7.16. The summed E-state index contributed by atoms with van der Waals surface area (Å²) in [5, 5.41) is 0.0659. The van der Waals surface area contributed by atoms with Gasteiger partial charge in [0.25, 0.3) is 10.0 Å². The Labute approximate surface area is 150 Å². The first-order valence-corrected chi connectivity index (χ1v) is 8.68. The van der Waals surface area contributed by atoms with Crippen LogP contribution in [0, 0.1) is 0 Å². The second kappa shape index (κ2) is 7.27. The summed E-state index contributed by atoms with van der Waals surface area (Å²) in [6.45, 7) is 0. The van der Waals surface area contributed by atoms with Crippen molar-refractivity contribution in [2.24, 2.45) is 0 Å². The van der Waals surface area contributed by atoms with Crippen molar-refractivity contribution in [3.63, 3.8) is 0 Å². The van der Waals surface area contributed by atoms with Gasteiger partial charge in [-0.05, 0) is 42.5 Å². The maximum Gasteiger partial charge on any atom is 0.461 e. The SMILES string of the molecule is O=S(=O)(Nc1ccc(OC(F)(F)C(F)F)cc1)c1cc(Cl)ccc1Cl. The van der Waals surface area contributed by atoms with Crippen LogP contribution < -0.4 is 9.46 Å². The predicted octanol–water partition coefficient (Wildman–Crippen LogP) is 5.03. The number of rotatable bonds is 6. The summed E-state index contributed by atoms with van der Waals surface area (Å²) < 4.78 is 80.3. The first-order valence-electron chi connectivity index (χ1n) is 6.44. The molecule has 0 unspecified atom stereocenters. The molecule has 1 N–H and O–H groups in total. The molecule has 0 saturated carbocycles. The largest absolute Gasteiger partial charge is 0.461 e. The molecule has 0 fully saturated rings. The number of sulfonamides is 1. The fourth-order valence-electron chi connectivity index (χ4n) is 1.69. The highest BCUT2D eigenvalue weighted by Gasteiger charge is 2.43. The number of ether oxygens (including phenoxy) is 1. The maximum absolute atomic E-state index is 12.8. The molecule has 2 rings (SSSR count). The topological polar surface area (TPSA) is 55.4 Å². The molecule has 11 heteroatoms. The highest BCUT2D eigenvalue weighted by molar-refractivity contribution is 7.92. The molecule has 0 atom stereocenters. The lowest BCUT2D eigenvalue weighted by atomic mass is 10.3. The molecular weight excluding hydrogens is 409 g/mol. The first kappa shape index (κ1) is 19.6. The predicted molar refractivity (Wildman–Crippen MR) is 85.3 cm³/mol. The molecule has 0 amide bonds. The van der Waals surface area contributed by atoms with Gasteiger partial charge < -0.3 is 4.74 Å². The Kier molecular flexibility index (Phi) is 5.70. The quantitative estimate of drug-likeness (QED) is 0.670. The molecule has 25 heavy (non-hydrogen) atoms. The van der Waals surface area contributed by atoms with Gasteiger partial charge in [-0.1, -0.05) is 23.2 Å². The van der Waals surface area contributed by atoms with E-state index in [1.807, 2.05) is 0 Å². The fraction of sp³-hybridized carbons (Fsp3) is 0.143. The summed E-state index contributed by atoms with van der Waals surface area (Å²) in [7, 11) is -4.10. The van der Waals surface area contributed by atoms with Gasteiger partial charge in [0, 0.05) is 10.7 Å². The number of anilines is 1. The van der Waals surface area contributed by atoms with Crippen LogP contribution in [0.2, 0.25) is 10.0 Å². The smallest absolute Gasteiger partial charge is 0.428 e. The van der Waals surface area contributed by atoms with Crippen molar-refractivity contribution in [3.8, 4) is 5.75 Å². The van der Waals surface area contributed by atoms with Crippen LogP contribution in [0.3, 0.4) is 0 Å². The Morgan fingerprint density at radius 3 is 2.20 bits per heavy atom. The van der Waals surface area contributed by atoms with Crippen LogP contribution in [-0.4, -0.2) is 21.0 Å². The van der Waals surface area contributed by atoms with E-state index < -0.39 is 28.3 Å². The highest BCUT2D eigenvalue weighted by atomic mass is 35.5. The van der Waals surface area contributed by atoms with E-state index in [0.29, 0.717) is 0 Å². The van der Waals surface area contributed by atoms with E-state index in [9.17, 15) is 26.0 Å². The molecular formula is C14H9Cl2F4NO3S. The third kappa shape index (κ3) is 4.90.